The molecule has 12 heteroatoms. The number of nitrogens with one attached hydrogen (secondary N) is 2. The lowest BCUT2D eigenvalue weighted by Gasteiger charge is -2.20. The Morgan fingerprint density at radius 2 is 1.07 bits per heavy atom. The zero-order valence-electron chi connectivity index (χ0n) is 24.0. The fourth-order valence-corrected chi connectivity index (χ4v) is 3.17. The first-order chi connectivity index (χ1) is 18.5. The Balaban J connectivity index is 0.000000400. The van der Waals surface area contributed by atoms with Crippen LogP contribution in [0.3, 0.4) is 0 Å². The summed E-state index contributed by atoms with van der Waals surface area (Å²) < 4.78 is 19.5. The van der Waals surface area contributed by atoms with Crippen molar-refractivity contribution in [2.24, 2.45) is 0 Å². The first-order valence-electron chi connectivity index (χ1n) is 12.1. The number of methoxy groups -OCH3 is 2. The summed E-state index contributed by atoms with van der Waals surface area (Å²) >= 11 is 5.77. The number of aliphatic hydroxyl groups excluding tert-OH is 1. The van der Waals surface area contributed by atoms with Crippen LogP contribution in [0.1, 0.15) is 73.4 Å². The highest BCUT2D eigenvalue weighted by atomic mass is 35.5. The van der Waals surface area contributed by atoms with E-state index in [1.807, 2.05) is 0 Å². The number of anilines is 2. The van der Waals surface area contributed by atoms with E-state index in [0.717, 1.165) is 0 Å². The number of aliphatic hydroxyl groups is 1. The summed E-state index contributed by atoms with van der Waals surface area (Å²) in [4.78, 5) is 46.4. The Kier molecular flexibility index (Phi) is 12.9. The molecule has 0 aromatic heterocycles. The molecule has 220 valence electrons. The smallest absolute Gasteiger partial charge is 0.412 e. The summed E-state index contributed by atoms with van der Waals surface area (Å²) in [5.74, 6) is -0.829. The predicted molar refractivity (Wildman–Crippen MR) is 151 cm³/mol. The molecule has 0 atom stereocenters. The molecule has 3 N–H and O–H groups in total. The highest BCUT2D eigenvalue weighted by Crippen LogP contribution is 2.20. The van der Waals surface area contributed by atoms with Gasteiger partial charge in [-0.25, -0.2) is 19.2 Å². The monoisotopic (exact) mass is 580 g/mol. The number of hydrogen-bond donors (Lipinski definition) is 3. The normalized spacial score (nSPS) is 10.8. The summed E-state index contributed by atoms with van der Waals surface area (Å²) in [6.45, 7) is 10.3. The van der Waals surface area contributed by atoms with Gasteiger partial charge in [0.25, 0.3) is 0 Å². The molecule has 0 heterocycles. The number of carbonyl (C=O) groups excluding carboxylic acids is 4. The highest BCUT2D eigenvalue weighted by molar-refractivity contribution is 6.17. The molecule has 0 aliphatic rings. The molecule has 0 fully saturated rings. The van der Waals surface area contributed by atoms with Crippen LogP contribution in [-0.4, -0.2) is 54.7 Å². The number of esters is 2. The van der Waals surface area contributed by atoms with Crippen LogP contribution in [-0.2, 0) is 31.4 Å². The predicted octanol–water partition coefficient (Wildman–Crippen LogP) is 5.87. The fourth-order valence-electron chi connectivity index (χ4n) is 3.01. The van der Waals surface area contributed by atoms with E-state index in [0.29, 0.717) is 28.1 Å². The van der Waals surface area contributed by atoms with Crippen molar-refractivity contribution in [1.29, 1.82) is 0 Å². The van der Waals surface area contributed by atoms with E-state index < -0.39 is 35.3 Å². The molecule has 0 aliphatic carbocycles. The SMILES string of the molecule is COC(=O)c1cc(CCl)cc(NC(=O)OC(C)(C)C)c1.COC(=O)c1cc(CO)cc(NC(=O)OC(C)(C)C)c1. The molecule has 0 saturated carbocycles. The van der Waals surface area contributed by atoms with Crippen LogP contribution in [0.4, 0.5) is 21.0 Å². The summed E-state index contributed by atoms with van der Waals surface area (Å²) in [5.41, 5.74) is 1.30. The Bertz CT molecular complexity index is 1110. The first-order valence-corrected chi connectivity index (χ1v) is 12.6. The number of ether oxygens (including phenoxy) is 4. The van der Waals surface area contributed by atoms with Crippen LogP contribution < -0.4 is 10.6 Å². The van der Waals surface area contributed by atoms with Gasteiger partial charge in [0, 0.05) is 17.3 Å². The van der Waals surface area contributed by atoms with Gasteiger partial charge in [0.15, 0.2) is 0 Å². The molecular weight excluding hydrogens is 544 g/mol. The number of halogens is 1. The molecule has 0 saturated heterocycles. The summed E-state index contributed by atoms with van der Waals surface area (Å²) in [5, 5.41) is 14.2. The van der Waals surface area contributed by atoms with Gasteiger partial charge in [-0.05, 0) is 89.1 Å². The number of hydrogen-bond acceptors (Lipinski definition) is 9. The number of carbonyl (C=O) groups is 4. The Labute approximate surface area is 239 Å². The van der Waals surface area contributed by atoms with Crippen LogP contribution in [0.25, 0.3) is 0 Å². The number of amides is 2. The molecule has 2 aromatic rings. The van der Waals surface area contributed by atoms with Crippen molar-refractivity contribution in [3.05, 3.63) is 58.7 Å². The van der Waals surface area contributed by atoms with Crippen molar-refractivity contribution in [3.63, 3.8) is 0 Å². The van der Waals surface area contributed by atoms with Gasteiger partial charge in [-0.1, -0.05) is 0 Å². The number of rotatable bonds is 6. The molecule has 0 aliphatic heterocycles. The molecule has 2 rings (SSSR count). The molecule has 2 aromatic carbocycles. The van der Waals surface area contributed by atoms with E-state index in [1.54, 1.807) is 59.7 Å². The topological polar surface area (TPSA) is 149 Å². The van der Waals surface area contributed by atoms with Gasteiger partial charge in [0.05, 0.1) is 32.0 Å². The van der Waals surface area contributed by atoms with E-state index in [1.165, 1.54) is 32.4 Å². The van der Waals surface area contributed by atoms with Crippen molar-refractivity contribution >= 4 is 47.1 Å². The van der Waals surface area contributed by atoms with E-state index in [-0.39, 0.29) is 18.1 Å². The number of alkyl halides is 1. The summed E-state index contributed by atoms with van der Waals surface area (Å²) in [6, 6.07) is 9.28. The second-order valence-corrected chi connectivity index (χ2v) is 10.6. The third-order valence-electron chi connectivity index (χ3n) is 4.46. The Hall–Kier alpha value is -3.83. The van der Waals surface area contributed by atoms with Crippen molar-refractivity contribution < 1.29 is 43.2 Å². The molecular formula is C28H37ClN2O9. The second kappa shape index (κ2) is 15.1. The van der Waals surface area contributed by atoms with Gasteiger partial charge in [0.2, 0.25) is 0 Å². The molecule has 11 nitrogen and oxygen atoms in total. The minimum absolute atomic E-state index is 0.216. The maximum absolute atomic E-state index is 11.7. The average molecular weight is 581 g/mol. The molecule has 40 heavy (non-hydrogen) atoms. The third kappa shape index (κ3) is 12.8. The lowest BCUT2D eigenvalue weighted by molar-refractivity contribution is 0.0591. The van der Waals surface area contributed by atoms with Gasteiger partial charge >= 0.3 is 24.1 Å². The van der Waals surface area contributed by atoms with Gasteiger partial charge < -0.3 is 24.1 Å². The second-order valence-electron chi connectivity index (χ2n) is 10.4. The molecule has 0 spiro atoms. The fraction of sp³-hybridized carbons (Fsp3) is 0.429. The van der Waals surface area contributed by atoms with Crippen LogP contribution in [0.5, 0.6) is 0 Å². The van der Waals surface area contributed by atoms with Crippen molar-refractivity contribution in [3.8, 4) is 0 Å². The summed E-state index contributed by atoms with van der Waals surface area (Å²) in [7, 11) is 2.55. The van der Waals surface area contributed by atoms with Crippen molar-refractivity contribution in [1.82, 2.24) is 0 Å². The van der Waals surface area contributed by atoms with Crippen LogP contribution in [0.2, 0.25) is 0 Å². The van der Waals surface area contributed by atoms with E-state index >= 15 is 0 Å². The van der Waals surface area contributed by atoms with Crippen molar-refractivity contribution in [2.75, 3.05) is 24.9 Å². The van der Waals surface area contributed by atoms with Gasteiger partial charge in [-0.3, -0.25) is 10.6 Å². The van der Waals surface area contributed by atoms with E-state index in [9.17, 15) is 19.2 Å². The maximum atomic E-state index is 11.7. The van der Waals surface area contributed by atoms with Crippen molar-refractivity contribution in [2.45, 2.75) is 65.2 Å². The summed E-state index contributed by atoms with van der Waals surface area (Å²) in [6.07, 6.45) is -1.23. The minimum atomic E-state index is -0.636. The minimum Gasteiger partial charge on any atom is -0.465 e. The standard InChI is InChI=1S/C14H18ClNO4.C14H19NO5/c1-14(2,3)20-13(18)16-11-6-9(8-15)5-10(7-11)12(17)19-4;1-14(2,3)20-13(18)15-11-6-9(8-16)5-10(7-11)12(17)19-4/h5-7H,8H2,1-4H3,(H,16,18);5-7,16H,8H2,1-4H3,(H,15,18). The van der Waals surface area contributed by atoms with E-state index in [4.69, 9.17) is 26.2 Å². The number of benzene rings is 2. The Morgan fingerprint density at radius 3 is 1.40 bits per heavy atom. The lowest BCUT2D eigenvalue weighted by Crippen LogP contribution is -2.27. The third-order valence-corrected chi connectivity index (χ3v) is 4.76. The quantitative estimate of drug-likeness (QED) is 0.216. The molecule has 2 amide bonds. The van der Waals surface area contributed by atoms with Crippen LogP contribution >= 0.6 is 11.6 Å². The molecule has 0 unspecified atom stereocenters. The molecule has 0 bridgehead atoms. The zero-order valence-corrected chi connectivity index (χ0v) is 24.7. The largest absolute Gasteiger partial charge is 0.465 e. The Morgan fingerprint density at radius 1 is 0.700 bits per heavy atom. The van der Waals surface area contributed by atoms with Gasteiger partial charge in [-0.2, -0.15) is 0 Å². The van der Waals surface area contributed by atoms with Crippen LogP contribution in [0.15, 0.2) is 36.4 Å². The lowest BCUT2D eigenvalue weighted by atomic mass is 10.1. The first kappa shape index (κ1) is 34.2. The van der Waals surface area contributed by atoms with E-state index in [2.05, 4.69) is 20.1 Å². The van der Waals surface area contributed by atoms with Gasteiger partial charge in [0.1, 0.15) is 11.2 Å². The molecule has 0 radical (unpaired) electrons. The van der Waals surface area contributed by atoms with Gasteiger partial charge in [-0.15, -0.1) is 11.6 Å². The maximum Gasteiger partial charge on any atom is 0.412 e. The van der Waals surface area contributed by atoms with Crippen LogP contribution in [0, 0.1) is 0 Å². The average Bonchev–Trinajstić information content (AvgIpc) is 2.85. The highest BCUT2D eigenvalue weighted by Gasteiger charge is 2.18. The zero-order chi connectivity index (χ0) is 30.7.